The van der Waals surface area contributed by atoms with Gasteiger partial charge in [0.15, 0.2) is 5.69 Å². The van der Waals surface area contributed by atoms with Crippen molar-refractivity contribution in [2.45, 2.75) is 32.1 Å². The number of nitrogens with one attached hydrogen (secondary N) is 1. The summed E-state index contributed by atoms with van der Waals surface area (Å²) in [5.41, 5.74) is 4.75. The Morgan fingerprint density at radius 3 is 2.55 bits per heavy atom. The van der Waals surface area contributed by atoms with Gasteiger partial charge in [0, 0.05) is 17.6 Å². The molecule has 0 atom stereocenters. The number of fused-ring (bicyclic) bond motifs is 1. The number of allylic oxidation sites excluding steroid dienone is 1. The van der Waals surface area contributed by atoms with Gasteiger partial charge in [0.2, 0.25) is 0 Å². The number of benzene rings is 2. The van der Waals surface area contributed by atoms with Crippen LogP contribution in [0.2, 0.25) is 10.0 Å². The number of nitrogens with zero attached hydrogens (tertiary/aromatic N) is 2. The number of rotatable bonds is 3. The molecule has 0 fully saturated rings. The Morgan fingerprint density at radius 2 is 1.84 bits per heavy atom. The summed E-state index contributed by atoms with van der Waals surface area (Å²) in [6.45, 7) is 0. The molecule has 0 unspecified atom stereocenters. The van der Waals surface area contributed by atoms with E-state index >= 15 is 0 Å². The zero-order chi connectivity index (χ0) is 22.0. The average Bonchev–Trinajstić information content (AvgIpc) is 3.10. The lowest BCUT2D eigenvalue weighted by Gasteiger charge is -2.17. The number of hydrogen-bond acceptors (Lipinski definition) is 2. The van der Waals surface area contributed by atoms with Crippen molar-refractivity contribution in [3.05, 3.63) is 80.8 Å². The lowest BCUT2D eigenvalue weighted by atomic mass is 9.91. The minimum Gasteiger partial charge on any atom is -0.354 e. The van der Waals surface area contributed by atoms with Gasteiger partial charge in [0.05, 0.1) is 16.4 Å². The van der Waals surface area contributed by atoms with Crippen LogP contribution in [0.15, 0.2) is 42.5 Å². The van der Waals surface area contributed by atoms with Crippen molar-refractivity contribution in [1.29, 1.82) is 0 Å². The second kappa shape index (κ2) is 9.25. The summed E-state index contributed by atoms with van der Waals surface area (Å²) in [5, 5.41) is 8.36. The van der Waals surface area contributed by atoms with Crippen molar-refractivity contribution in [3.8, 4) is 5.69 Å². The Bertz CT molecular complexity index is 1150. The number of halogens is 3. The third kappa shape index (κ3) is 4.53. The SMILES string of the molecule is CNC(=O)c1nn(-c2ccc(Cl)cc2Cl)c2c1CCCCC/C2=C\c1ccc(F)cc1. The van der Waals surface area contributed by atoms with E-state index in [0.717, 1.165) is 54.5 Å². The van der Waals surface area contributed by atoms with E-state index in [2.05, 4.69) is 10.4 Å². The van der Waals surface area contributed by atoms with Gasteiger partial charge in [-0.05, 0) is 73.2 Å². The highest BCUT2D eigenvalue weighted by Gasteiger charge is 2.27. The van der Waals surface area contributed by atoms with Gasteiger partial charge in [0.1, 0.15) is 5.82 Å². The topological polar surface area (TPSA) is 46.9 Å². The molecule has 0 radical (unpaired) electrons. The van der Waals surface area contributed by atoms with Crippen LogP contribution in [-0.2, 0) is 6.42 Å². The Kier molecular flexibility index (Phi) is 6.44. The summed E-state index contributed by atoms with van der Waals surface area (Å²) in [5.74, 6) is -0.512. The maximum absolute atomic E-state index is 13.4. The number of carbonyl (C=O) groups excluding carboxylic acids is 1. The molecule has 0 saturated heterocycles. The molecular weight excluding hydrogens is 436 g/mol. The highest BCUT2D eigenvalue weighted by atomic mass is 35.5. The molecule has 0 saturated carbocycles. The minimum absolute atomic E-state index is 0.234. The monoisotopic (exact) mass is 457 g/mol. The summed E-state index contributed by atoms with van der Waals surface area (Å²) < 4.78 is 15.2. The lowest BCUT2D eigenvalue weighted by Crippen LogP contribution is -2.20. The fraction of sp³-hybridized carbons (Fsp3) is 0.250. The molecule has 1 aliphatic carbocycles. The van der Waals surface area contributed by atoms with Crippen molar-refractivity contribution in [2.24, 2.45) is 0 Å². The van der Waals surface area contributed by atoms with Crippen LogP contribution in [0.3, 0.4) is 0 Å². The first-order chi connectivity index (χ1) is 15.0. The van der Waals surface area contributed by atoms with E-state index in [9.17, 15) is 9.18 Å². The van der Waals surface area contributed by atoms with Crippen LogP contribution in [0.4, 0.5) is 4.39 Å². The summed E-state index contributed by atoms with van der Waals surface area (Å²) in [4.78, 5) is 12.7. The van der Waals surface area contributed by atoms with Crippen molar-refractivity contribution in [3.63, 3.8) is 0 Å². The van der Waals surface area contributed by atoms with Crippen LogP contribution in [0.25, 0.3) is 17.3 Å². The van der Waals surface area contributed by atoms with Crippen molar-refractivity contribution < 1.29 is 9.18 Å². The van der Waals surface area contributed by atoms with E-state index in [1.807, 2.05) is 6.08 Å². The Hall–Kier alpha value is -2.63. The van der Waals surface area contributed by atoms with E-state index in [0.29, 0.717) is 21.4 Å². The Balaban J connectivity index is 1.98. The average molecular weight is 458 g/mol. The molecule has 4 nitrogen and oxygen atoms in total. The maximum Gasteiger partial charge on any atom is 0.271 e. The summed E-state index contributed by atoms with van der Waals surface area (Å²) in [7, 11) is 1.60. The maximum atomic E-state index is 13.4. The van der Waals surface area contributed by atoms with Gasteiger partial charge in [0.25, 0.3) is 5.91 Å². The summed E-state index contributed by atoms with van der Waals surface area (Å²) >= 11 is 12.6. The van der Waals surface area contributed by atoms with E-state index in [-0.39, 0.29) is 11.7 Å². The largest absolute Gasteiger partial charge is 0.354 e. The molecule has 0 bridgehead atoms. The van der Waals surface area contributed by atoms with Crippen LogP contribution in [0.1, 0.15) is 53.0 Å². The number of amides is 1. The van der Waals surface area contributed by atoms with Crippen LogP contribution >= 0.6 is 23.2 Å². The van der Waals surface area contributed by atoms with Crippen molar-refractivity contribution >= 4 is 40.8 Å². The molecule has 0 spiro atoms. The van der Waals surface area contributed by atoms with Crippen molar-refractivity contribution in [1.82, 2.24) is 15.1 Å². The highest BCUT2D eigenvalue weighted by Crippen LogP contribution is 2.36. The van der Waals surface area contributed by atoms with Crippen molar-refractivity contribution in [2.75, 3.05) is 7.05 Å². The number of aromatic nitrogens is 2. The molecule has 1 aromatic heterocycles. The Labute approximate surface area is 190 Å². The van der Waals surface area contributed by atoms with Gasteiger partial charge in [-0.2, -0.15) is 5.10 Å². The van der Waals surface area contributed by atoms with Crippen LogP contribution in [0.5, 0.6) is 0 Å². The van der Waals surface area contributed by atoms with Gasteiger partial charge in [-0.3, -0.25) is 4.79 Å². The first-order valence-corrected chi connectivity index (χ1v) is 11.0. The second-order valence-electron chi connectivity index (χ2n) is 7.54. The van der Waals surface area contributed by atoms with Gasteiger partial charge in [-0.15, -0.1) is 0 Å². The van der Waals surface area contributed by atoms with Gasteiger partial charge < -0.3 is 5.32 Å². The van der Waals surface area contributed by atoms with E-state index in [1.165, 1.54) is 12.1 Å². The quantitative estimate of drug-likeness (QED) is 0.498. The van der Waals surface area contributed by atoms with Gasteiger partial charge in [-0.25, -0.2) is 9.07 Å². The first kappa shape index (κ1) is 21.6. The second-order valence-corrected chi connectivity index (χ2v) is 8.39. The molecule has 1 heterocycles. The highest BCUT2D eigenvalue weighted by molar-refractivity contribution is 6.35. The van der Waals surface area contributed by atoms with Gasteiger partial charge >= 0.3 is 0 Å². The molecule has 0 aliphatic heterocycles. The smallest absolute Gasteiger partial charge is 0.271 e. The van der Waals surface area contributed by atoms with Crippen LogP contribution in [0, 0.1) is 5.82 Å². The summed E-state index contributed by atoms with van der Waals surface area (Å²) in [6.07, 6.45) is 6.64. The Morgan fingerprint density at radius 1 is 1.10 bits per heavy atom. The van der Waals surface area contributed by atoms with Crippen LogP contribution < -0.4 is 5.32 Å². The molecule has 31 heavy (non-hydrogen) atoms. The normalized spacial score (nSPS) is 15.3. The number of carbonyl (C=O) groups is 1. The molecule has 4 rings (SSSR count). The first-order valence-electron chi connectivity index (χ1n) is 10.2. The number of hydrogen-bond donors (Lipinski definition) is 1. The van der Waals surface area contributed by atoms with Crippen LogP contribution in [-0.4, -0.2) is 22.7 Å². The zero-order valence-corrected chi connectivity index (χ0v) is 18.6. The molecule has 2 aromatic carbocycles. The third-order valence-electron chi connectivity index (χ3n) is 5.45. The molecule has 1 N–H and O–H groups in total. The minimum atomic E-state index is -0.277. The third-order valence-corrected chi connectivity index (χ3v) is 5.99. The predicted molar refractivity (Wildman–Crippen MR) is 123 cm³/mol. The standard InChI is InChI=1S/C24H22Cl2FN3O/c1-28-24(31)22-19-6-4-2-3-5-16(13-15-7-10-18(27)11-8-15)23(19)30(29-22)21-12-9-17(25)14-20(21)26/h7-14H,2-6H2,1H3,(H,28,31)/b16-13+. The molecular formula is C24H22Cl2FN3O. The molecule has 1 amide bonds. The lowest BCUT2D eigenvalue weighted by molar-refractivity contribution is 0.0956. The fourth-order valence-corrected chi connectivity index (χ4v) is 4.45. The predicted octanol–water partition coefficient (Wildman–Crippen LogP) is 6.33. The van der Waals surface area contributed by atoms with Gasteiger partial charge in [-0.1, -0.05) is 41.8 Å². The van der Waals surface area contributed by atoms with E-state index < -0.39 is 0 Å². The summed E-state index contributed by atoms with van der Waals surface area (Å²) in [6, 6.07) is 11.6. The van der Waals surface area contributed by atoms with E-state index in [4.69, 9.17) is 23.2 Å². The molecule has 7 heteroatoms. The zero-order valence-electron chi connectivity index (χ0n) is 17.1. The van der Waals surface area contributed by atoms with E-state index in [1.54, 1.807) is 42.1 Å². The fourth-order valence-electron chi connectivity index (χ4n) is 3.96. The molecule has 160 valence electrons. The molecule has 1 aliphatic rings. The molecule has 3 aromatic rings.